The van der Waals surface area contributed by atoms with Crippen LogP contribution in [0, 0.1) is 0 Å². The molecule has 1 aromatic heterocycles. The third-order valence-electron chi connectivity index (χ3n) is 5.39. The first-order valence-corrected chi connectivity index (χ1v) is 11.9. The minimum Gasteiger partial charge on any atom is -0.357 e. The Kier molecular flexibility index (Phi) is 5.60. The van der Waals surface area contributed by atoms with Crippen LogP contribution in [0.3, 0.4) is 0 Å². The number of sulfone groups is 1. The van der Waals surface area contributed by atoms with Crippen molar-refractivity contribution < 1.29 is 8.42 Å². The van der Waals surface area contributed by atoms with Crippen molar-refractivity contribution in [3.8, 4) is 0 Å². The fraction of sp³-hybridized carbons (Fsp3) is 0.333. The van der Waals surface area contributed by atoms with Crippen molar-refractivity contribution in [2.75, 3.05) is 33.2 Å². The second-order valence-electron chi connectivity index (χ2n) is 7.40. The van der Waals surface area contributed by atoms with Gasteiger partial charge in [-0.3, -0.25) is 4.90 Å². The molecule has 1 N–H and O–H groups in total. The topological polar surface area (TPSA) is 56.4 Å². The fourth-order valence-corrected chi connectivity index (χ4v) is 6.21. The second kappa shape index (κ2) is 7.99. The van der Waals surface area contributed by atoms with Crippen LogP contribution < -0.4 is 0 Å². The van der Waals surface area contributed by atoms with Crippen LogP contribution in [0.2, 0.25) is 0 Å². The number of halogens is 1. The highest BCUT2D eigenvalue weighted by Crippen LogP contribution is 2.29. The number of piperazine rings is 1. The number of fused-ring (bicyclic) bond motifs is 1. The summed E-state index contributed by atoms with van der Waals surface area (Å²) in [5, 5.41) is 1.11. The number of H-pyrrole nitrogens is 1. The molecule has 2 aromatic carbocycles. The van der Waals surface area contributed by atoms with Gasteiger partial charge in [0.05, 0.1) is 10.6 Å². The molecule has 1 aliphatic heterocycles. The molecule has 1 fully saturated rings. The lowest BCUT2D eigenvalue weighted by atomic mass is 10.1. The lowest BCUT2D eigenvalue weighted by molar-refractivity contribution is 0.148. The molecular formula is C21H24BrN3O2S. The van der Waals surface area contributed by atoms with E-state index in [4.69, 9.17) is 0 Å². The summed E-state index contributed by atoms with van der Waals surface area (Å²) in [7, 11) is -1.33. The van der Waals surface area contributed by atoms with E-state index in [1.54, 1.807) is 18.2 Å². The van der Waals surface area contributed by atoms with E-state index < -0.39 is 9.84 Å². The van der Waals surface area contributed by atoms with E-state index in [1.165, 1.54) is 0 Å². The van der Waals surface area contributed by atoms with Gasteiger partial charge in [-0.15, -0.1) is 0 Å². The Bertz CT molecular complexity index is 1090. The molecule has 0 aliphatic carbocycles. The molecule has 0 spiro atoms. The summed E-state index contributed by atoms with van der Waals surface area (Å²) >= 11 is 3.38. The van der Waals surface area contributed by atoms with Crippen molar-refractivity contribution >= 4 is 36.7 Å². The van der Waals surface area contributed by atoms with Gasteiger partial charge in [0.1, 0.15) is 0 Å². The Labute approximate surface area is 174 Å². The maximum atomic E-state index is 13.1. The van der Waals surface area contributed by atoms with Crippen LogP contribution in [0.5, 0.6) is 0 Å². The maximum Gasteiger partial charge on any atom is 0.185 e. The molecular weight excluding hydrogens is 438 g/mol. The predicted octanol–water partition coefficient (Wildman–Crippen LogP) is 3.65. The quantitative estimate of drug-likeness (QED) is 0.629. The van der Waals surface area contributed by atoms with Crippen molar-refractivity contribution in [2.24, 2.45) is 0 Å². The second-order valence-corrected chi connectivity index (χ2v) is 10.2. The van der Waals surface area contributed by atoms with Crippen LogP contribution in [0.25, 0.3) is 10.9 Å². The van der Waals surface area contributed by atoms with Crippen molar-refractivity contribution in [2.45, 2.75) is 17.2 Å². The Hall–Kier alpha value is -1.67. The summed E-state index contributed by atoms with van der Waals surface area (Å²) in [4.78, 5) is 8.44. The summed E-state index contributed by atoms with van der Waals surface area (Å²) < 4.78 is 26.8. The number of hydrogen-bond acceptors (Lipinski definition) is 4. The van der Waals surface area contributed by atoms with Gasteiger partial charge >= 0.3 is 0 Å². The average molecular weight is 462 g/mol. The van der Waals surface area contributed by atoms with E-state index in [2.05, 4.69) is 43.8 Å². The predicted molar refractivity (Wildman–Crippen MR) is 116 cm³/mol. The summed E-state index contributed by atoms with van der Waals surface area (Å²) in [6.45, 7) is 4.82. The molecule has 1 saturated heterocycles. The zero-order valence-electron chi connectivity index (χ0n) is 15.9. The molecule has 0 atom stereocenters. The fourth-order valence-electron chi connectivity index (χ4n) is 3.75. The molecule has 0 radical (unpaired) electrons. The van der Waals surface area contributed by atoms with Crippen LogP contribution in [-0.2, 0) is 22.1 Å². The smallest absolute Gasteiger partial charge is 0.185 e. The standard InChI is InChI=1S/C21H24BrN3O2S/c1-24-10-12-25(13-11-24)14-17-16-6-2-4-8-19(16)23-20(17)15-28(26,27)21-9-5-3-7-18(21)22/h2-9,23H,10-15H2,1H3. The van der Waals surface area contributed by atoms with E-state index in [0.29, 0.717) is 9.37 Å². The molecule has 28 heavy (non-hydrogen) atoms. The molecule has 148 valence electrons. The number of nitrogens with one attached hydrogen (secondary N) is 1. The summed E-state index contributed by atoms with van der Waals surface area (Å²) in [6.07, 6.45) is 0. The van der Waals surface area contributed by atoms with Crippen LogP contribution >= 0.6 is 15.9 Å². The Balaban J connectivity index is 1.69. The molecule has 7 heteroatoms. The normalized spacial score (nSPS) is 16.6. The summed E-state index contributed by atoms with van der Waals surface area (Å²) in [5.74, 6) is -0.0344. The highest BCUT2D eigenvalue weighted by Gasteiger charge is 2.24. The average Bonchev–Trinajstić information content (AvgIpc) is 3.00. The van der Waals surface area contributed by atoms with Gasteiger partial charge < -0.3 is 9.88 Å². The molecule has 1 aliphatic rings. The van der Waals surface area contributed by atoms with Gasteiger partial charge in [0.15, 0.2) is 9.84 Å². The number of aromatic nitrogens is 1. The van der Waals surface area contributed by atoms with Crippen LogP contribution in [0.15, 0.2) is 57.9 Å². The van der Waals surface area contributed by atoms with Gasteiger partial charge in [0, 0.05) is 53.8 Å². The number of hydrogen-bond donors (Lipinski definition) is 1. The summed E-state index contributed by atoms with van der Waals surface area (Å²) in [5.41, 5.74) is 2.87. The highest BCUT2D eigenvalue weighted by molar-refractivity contribution is 9.10. The van der Waals surface area contributed by atoms with Crippen molar-refractivity contribution in [1.82, 2.24) is 14.8 Å². The third-order valence-corrected chi connectivity index (χ3v) is 8.03. The van der Waals surface area contributed by atoms with Gasteiger partial charge in [0.2, 0.25) is 0 Å². The minimum absolute atomic E-state index is 0.0344. The molecule has 5 nitrogen and oxygen atoms in total. The van der Waals surface area contributed by atoms with Crippen molar-refractivity contribution in [1.29, 1.82) is 0 Å². The lowest BCUT2D eigenvalue weighted by Crippen LogP contribution is -2.44. The van der Waals surface area contributed by atoms with Gasteiger partial charge in [-0.05, 0) is 46.7 Å². The first-order valence-electron chi connectivity index (χ1n) is 9.41. The highest BCUT2D eigenvalue weighted by atomic mass is 79.9. The van der Waals surface area contributed by atoms with Crippen LogP contribution in [-0.4, -0.2) is 56.4 Å². The number of likely N-dealkylation sites (N-methyl/N-ethyl adjacent to an activating group) is 1. The van der Waals surface area contributed by atoms with Gasteiger partial charge in [0.25, 0.3) is 0 Å². The van der Waals surface area contributed by atoms with E-state index in [-0.39, 0.29) is 5.75 Å². The van der Waals surface area contributed by atoms with Crippen LogP contribution in [0.1, 0.15) is 11.3 Å². The third kappa shape index (κ3) is 4.03. The van der Waals surface area contributed by atoms with Gasteiger partial charge in [-0.25, -0.2) is 8.42 Å². The zero-order valence-corrected chi connectivity index (χ0v) is 18.3. The van der Waals surface area contributed by atoms with Gasteiger partial charge in [-0.1, -0.05) is 30.3 Å². The van der Waals surface area contributed by atoms with Crippen molar-refractivity contribution in [3.05, 3.63) is 64.3 Å². The lowest BCUT2D eigenvalue weighted by Gasteiger charge is -2.32. The molecule has 0 unspecified atom stereocenters. The SMILES string of the molecule is CN1CCN(Cc2c(CS(=O)(=O)c3ccccc3Br)[nH]c3ccccc23)CC1. The summed E-state index contributed by atoms with van der Waals surface area (Å²) in [6, 6.07) is 15.1. The van der Waals surface area contributed by atoms with Crippen molar-refractivity contribution in [3.63, 3.8) is 0 Å². The Morgan fingerprint density at radius 2 is 1.68 bits per heavy atom. The molecule has 2 heterocycles. The number of nitrogens with zero attached hydrogens (tertiary/aromatic N) is 2. The van der Waals surface area contributed by atoms with Crippen LogP contribution in [0.4, 0.5) is 0 Å². The molecule has 0 amide bonds. The maximum absolute atomic E-state index is 13.1. The number of benzene rings is 2. The molecule has 4 rings (SSSR count). The largest absolute Gasteiger partial charge is 0.357 e. The van der Waals surface area contributed by atoms with E-state index in [9.17, 15) is 8.42 Å². The zero-order chi connectivity index (χ0) is 19.7. The Morgan fingerprint density at radius 1 is 1.00 bits per heavy atom. The van der Waals surface area contributed by atoms with E-state index in [1.807, 2.05) is 24.3 Å². The number of para-hydroxylation sites is 1. The number of rotatable bonds is 5. The van der Waals surface area contributed by atoms with Gasteiger partial charge in [-0.2, -0.15) is 0 Å². The molecule has 0 saturated carbocycles. The first-order chi connectivity index (χ1) is 13.4. The van der Waals surface area contributed by atoms with E-state index >= 15 is 0 Å². The van der Waals surface area contributed by atoms with E-state index in [0.717, 1.165) is 54.9 Å². The molecule has 0 bridgehead atoms. The number of aromatic amines is 1. The first kappa shape index (κ1) is 19.6. The monoisotopic (exact) mass is 461 g/mol. The Morgan fingerprint density at radius 3 is 2.43 bits per heavy atom. The minimum atomic E-state index is -3.47. The molecule has 3 aromatic rings.